The van der Waals surface area contributed by atoms with E-state index in [-0.39, 0.29) is 11.4 Å². The van der Waals surface area contributed by atoms with E-state index in [1.807, 2.05) is 0 Å². The lowest BCUT2D eigenvalue weighted by molar-refractivity contribution is -0.118. The third kappa shape index (κ3) is 2.50. The quantitative estimate of drug-likeness (QED) is 0.685. The van der Waals surface area contributed by atoms with E-state index in [0.717, 1.165) is 38.4 Å². The first-order chi connectivity index (χ1) is 7.07. The summed E-state index contributed by atoms with van der Waals surface area (Å²) in [6, 6.07) is 0. The SMILES string of the molecule is CC1(C)CC(N2CCOCC2)=CC(=O)N1. The fourth-order valence-electron chi connectivity index (χ4n) is 2.12. The van der Waals surface area contributed by atoms with Crippen LogP contribution in [0.1, 0.15) is 20.3 Å². The summed E-state index contributed by atoms with van der Waals surface area (Å²) in [4.78, 5) is 13.7. The summed E-state index contributed by atoms with van der Waals surface area (Å²) in [6.45, 7) is 7.43. The van der Waals surface area contributed by atoms with Crippen LogP contribution >= 0.6 is 0 Å². The first kappa shape index (κ1) is 10.5. The van der Waals surface area contributed by atoms with Crippen molar-refractivity contribution in [3.05, 3.63) is 11.8 Å². The van der Waals surface area contributed by atoms with Gasteiger partial charge in [-0.1, -0.05) is 0 Å². The number of amides is 1. The average Bonchev–Trinajstić information content (AvgIpc) is 2.16. The Hall–Kier alpha value is -1.03. The topological polar surface area (TPSA) is 41.6 Å². The van der Waals surface area contributed by atoms with E-state index < -0.39 is 0 Å². The standard InChI is InChI=1S/C11H18N2O2/c1-11(2)8-9(7-10(14)12-11)13-3-5-15-6-4-13/h7H,3-6,8H2,1-2H3,(H,12,14). The molecule has 2 aliphatic rings. The van der Waals surface area contributed by atoms with Gasteiger partial charge >= 0.3 is 0 Å². The van der Waals surface area contributed by atoms with Crippen LogP contribution in [0.25, 0.3) is 0 Å². The van der Waals surface area contributed by atoms with Crippen molar-refractivity contribution in [1.29, 1.82) is 0 Å². The van der Waals surface area contributed by atoms with Gasteiger partial charge in [0.2, 0.25) is 5.91 Å². The molecule has 0 unspecified atom stereocenters. The zero-order valence-corrected chi connectivity index (χ0v) is 9.38. The van der Waals surface area contributed by atoms with Crippen molar-refractivity contribution in [2.45, 2.75) is 25.8 Å². The number of hydrogen-bond donors (Lipinski definition) is 1. The van der Waals surface area contributed by atoms with Crippen molar-refractivity contribution < 1.29 is 9.53 Å². The van der Waals surface area contributed by atoms with Crippen LogP contribution in [0, 0.1) is 0 Å². The van der Waals surface area contributed by atoms with Gasteiger partial charge in [0, 0.05) is 36.8 Å². The highest BCUT2D eigenvalue weighted by Gasteiger charge is 2.29. The Balaban J connectivity index is 2.10. The monoisotopic (exact) mass is 210 g/mol. The van der Waals surface area contributed by atoms with Gasteiger partial charge in [-0.25, -0.2) is 0 Å². The summed E-state index contributed by atoms with van der Waals surface area (Å²) in [5.41, 5.74) is 1.02. The molecule has 1 saturated heterocycles. The average molecular weight is 210 g/mol. The smallest absolute Gasteiger partial charge is 0.246 e. The van der Waals surface area contributed by atoms with E-state index in [4.69, 9.17) is 4.74 Å². The van der Waals surface area contributed by atoms with Gasteiger partial charge in [-0.05, 0) is 13.8 Å². The number of nitrogens with zero attached hydrogens (tertiary/aromatic N) is 1. The summed E-state index contributed by atoms with van der Waals surface area (Å²) in [6.07, 6.45) is 2.62. The van der Waals surface area contributed by atoms with Gasteiger partial charge in [-0.2, -0.15) is 0 Å². The number of ether oxygens (including phenoxy) is 1. The molecule has 0 spiro atoms. The molecule has 0 aromatic rings. The van der Waals surface area contributed by atoms with E-state index in [0.29, 0.717) is 0 Å². The van der Waals surface area contributed by atoms with Crippen molar-refractivity contribution in [1.82, 2.24) is 10.2 Å². The Labute approximate surface area is 90.3 Å². The second-order valence-electron chi connectivity index (χ2n) is 4.79. The molecule has 0 bridgehead atoms. The summed E-state index contributed by atoms with van der Waals surface area (Å²) in [5, 5.41) is 2.95. The van der Waals surface area contributed by atoms with Gasteiger partial charge in [0.05, 0.1) is 13.2 Å². The molecule has 4 heteroatoms. The maximum atomic E-state index is 11.5. The molecule has 0 radical (unpaired) electrons. The van der Waals surface area contributed by atoms with Crippen LogP contribution in [0.3, 0.4) is 0 Å². The lowest BCUT2D eigenvalue weighted by Crippen LogP contribution is -2.49. The highest BCUT2D eigenvalue weighted by molar-refractivity contribution is 5.89. The van der Waals surface area contributed by atoms with Crippen LogP contribution in [0.5, 0.6) is 0 Å². The van der Waals surface area contributed by atoms with Gasteiger partial charge in [0.25, 0.3) is 0 Å². The molecule has 0 atom stereocenters. The first-order valence-corrected chi connectivity index (χ1v) is 5.42. The fraction of sp³-hybridized carbons (Fsp3) is 0.727. The summed E-state index contributed by atoms with van der Waals surface area (Å²) >= 11 is 0. The highest BCUT2D eigenvalue weighted by atomic mass is 16.5. The summed E-state index contributed by atoms with van der Waals surface area (Å²) in [7, 11) is 0. The maximum absolute atomic E-state index is 11.5. The van der Waals surface area contributed by atoms with Crippen LogP contribution in [0.4, 0.5) is 0 Å². The number of rotatable bonds is 1. The number of morpholine rings is 1. The van der Waals surface area contributed by atoms with Crippen LogP contribution in [0.2, 0.25) is 0 Å². The van der Waals surface area contributed by atoms with Crippen LogP contribution in [-0.4, -0.2) is 42.6 Å². The summed E-state index contributed by atoms with van der Waals surface area (Å²) in [5.74, 6) is 0.0211. The van der Waals surface area contributed by atoms with Crippen LogP contribution < -0.4 is 5.32 Å². The molecule has 1 fully saturated rings. The third-order valence-electron chi connectivity index (χ3n) is 2.80. The van der Waals surface area contributed by atoms with Gasteiger partial charge < -0.3 is 15.0 Å². The second-order valence-corrected chi connectivity index (χ2v) is 4.79. The molecule has 1 N–H and O–H groups in total. The number of carbonyl (C=O) groups excluding carboxylic acids is 1. The van der Waals surface area contributed by atoms with Gasteiger partial charge in [0.1, 0.15) is 0 Å². The van der Waals surface area contributed by atoms with Crippen molar-refractivity contribution in [2.24, 2.45) is 0 Å². The van der Waals surface area contributed by atoms with E-state index in [1.165, 1.54) is 0 Å². The Morgan fingerprint density at radius 2 is 2.07 bits per heavy atom. The van der Waals surface area contributed by atoms with E-state index in [9.17, 15) is 4.79 Å². The minimum Gasteiger partial charge on any atom is -0.378 e. The van der Waals surface area contributed by atoms with Gasteiger partial charge in [-0.3, -0.25) is 4.79 Å². The third-order valence-corrected chi connectivity index (χ3v) is 2.80. The molecule has 4 nitrogen and oxygen atoms in total. The highest BCUT2D eigenvalue weighted by Crippen LogP contribution is 2.23. The Morgan fingerprint density at radius 1 is 1.40 bits per heavy atom. The number of nitrogens with one attached hydrogen (secondary N) is 1. The molecule has 0 aliphatic carbocycles. The molecule has 2 rings (SSSR count). The van der Waals surface area contributed by atoms with E-state index in [1.54, 1.807) is 6.08 Å². The Bertz CT molecular complexity index is 291. The Morgan fingerprint density at radius 3 is 2.67 bits per heavy atom. The largest absolute Gasteiger partial charge is 0.378 e. The van der Waals surface area contributed by atoms with E-state index in [2.05, 4.69) is 24.1 Å². The fourth-order valence-corrected chi connectivity index (χ4v) is 2.12. The Kier molecular flexibility index (Phi) is 2.69. The number of hydrogen-bond acceptors (Lipinski definition) is 3. The van der Waals surface area contributed by atoms with Crippen LogP contribution in [-0.2, 0) is 9.53 Å². The first-order valence-electron chi connectivity index (χ1n) is 5.42. The van der Waals surface area contributed by atoms with E-state index >= 15 is 0 Å². The molecule has 84 valence electrons. The minimum absolute atomic E-state index is 0.0211. The molecule has 0 aromatic carbocycles. The van der Waals surface area contributed by atoms with Gasteiger partial charge in [-0.15, -0.1) is 0 Å². The van der Waals surface area contributed by atoms with Crippen molar-refractivity contribution >= 4 is 5.91 Å². The normalized spacial score (nSPS) is 25.9. The zero-order valence-electron chi connectivity index (χ0n) is 9.38. The van der Waals surface area contributed by atoms with Crippen molar-refractivity contribution in [3.63, 3.8) is 0 Å². The molecular weight excluding hydrogens is 192 g/mol. The molecule has 2 aliphatic heterocycles. The van der Waals surface area contributed by atoms with Gasteiger partial charge in [0.15, 0.2) is 0 Å². The summed E-state index contributed by atoms with van der Waals surface area (Å²) < 4.78 is 5.30. The second kappa shape index (κ2) is 3.85. The maximum Gasteiger partial charge on any atom is 0.246 e. The predicted octanol–water partition coefficient (Wildman–Crippen LogP) is 0.501. The molecule has 1 amide bonds. The number of carbonyl (C=O) groups is 1. The van der Waals surface area contributed by atoms with Crippen LogP contribution in [0.15, 0.2) is 11.8 Å². The lowest BCUT2D eigenvalue weighted by Gasteiger charge is -2.38. The molecular formula is C11H18N2O2. The molecule has 0 aromatic heterocycles. The van der Waals surface area contributed by atoms with Crippen molar-refractivity contribution in [3.8, 4) is 0 Å². The minimum atomic E-state index is -0.126. The molecule has 0 saturated carbocycles. The molecule has 15 heavy (non-hydrogen) atoms. The van der Waals surface area contributed by atoms with Crippen molar-refractivity contribution in [2.75, 3.05) is 26.3 Å². The molecule has 2 heterocycles. The lowest BCUT2D eigenvalue weighted by atomic mass is 9.94. The predicted molar refractivity (Wildman–Crippen MR) is 57.3 cm³/mol. The zero-order chi connectivity index (χ0) is 10.9.